The number of benzene rings is 1. The summed E-state index contributed by atoms with van der Waals surface area (Å²) in [6.45, 7) is 2.06. The lowest BCUT2D eigenvalue weighted by Crippen LogP contribution is -2.34. The molecular formula is C18H21N3O. The van der Waals surface area contributed by atoms with Crippen molar-refractivity contribution in [3.05, 3.63) is 59.9 Å². The summed E-state index contributed by atoms with van der Waals surface area (Å²) in [6.07, 6.45) is 10.6. The molecule has 1 atom stereocenters. The fourth-order valence-electron chi connectivity index (χ4n) is 2.84. The lowest BCUT2D eigenvalue weighted by atomic mass is 9.94. The summed E-state index contributed by atoms with van der Waals surface area (Å²) < 4.78 is 1.75. The highest BCUT2D eigenvalue weighted by atomic mass is 16.1. The minimum absolute atomic E-state index is 0.0343. The maximum atomic E-state index is 12.5. The Kier molecular flexibility index (Phi) is 4.37. The fourth-order valence-corrected chi connectivity index (χ4v) is 2.84. The maximum absolute atomic E-state index is 12.5. The van der Waals surface area contributed by atoms with Crippen molar-refractivity contribution in [1.29, 1.82) is 0 Å². The van der Waals surface area contributed by atoms with E-state index in [2.05, 4.69) is 23.4 Å². The van der Waals surface area contributed by atoms with Crippen molar-refractivity contribution in [3.8, 4) is 5.69 Å². The Morgan fingerprint density at radius 1 is 1.32 bits per heavy atom. The molecule has 0 saturated carbocycles. The first-order chi connectivity index (χ1) is 10.7. The molecule has 1 aromatic heterocycles. The smallest absolute Gasteiger partial charge is 0.251 e. The molecule has 0 fully saturated rings. The highest BCUT2D eigenvalue weighted by molar-refractivity contribution is 5.95. The van der Waals surface area contributed by atoms with Crippen molar-refractivity contribution < 1.29 is 4.79 Å². The molecule has 0 radical (unpaired) electrons. The summed E-state index contributed by atoms with van der Waals surface area (Å²) >= 11 is 0. The van der Waals surface area contributed by atoms with Crippen LogP contribution in [0.4, 0.5) is 0 Å². The van der Waals surface area contributed by atoms with Gasteiger partial charge < -0.3 is 5.32 Å². The number of hydrogen-bond acceptors (Lipinski definition) is 2. The number of hydrogen-bond donors (Lipinski definition) is 1. The van der Waals surface area contributed by atoms with E-state index in [1.54, 1.807) is 10.9 Å². The van der Waals surface area contributed by atoms with Gasteiger partial charge >= 0.3 is 0 Å². The third-order valence-corrected chi connectivity index (χ3v) is 4.11. The van der Waals surface area contributed by atoms with Crippen molar-refractivity contribution in [2.75, 3.05) is 0 Å². The molecular weight excluding hydrogens is 274 g/mol. The summed E-state index contributed by atoms with van der Waals surface area (Å²) in [5.74, 6) is -0.0343. The highest BCUT2D eigenvalue weighted by Gasteiger charge is 2.15. The molecule has 114 valence electrons. The van der Waals surface area contributed by atoms with Crippen molar-refractivity contribution >= 4 is 5.91 Å². The third kappa shape index (κ3) is 3.27. The average molecular weight is 295 g/mol. The molecule has 22 heavy (non-hydrogen) atoms. The van der Waals surface area contributed by atoms with Crippen molar-refractivity contribution in [1.82, 2.24) is 15.1 Å². The number of carbonyl (C=O) groups excluding carboxylic acids is 1. The summed E-state index contributed by atoms with van der Waals surface area (Å²) in [4.78, 5) is 12.5. The van der Waals surface area contributed by atoms with Crippen molar-refractivity contribution in [2.45, 2.75) is 38.6 Å². The van der Waals surface area contributed by atoms with Crippen LogP contribution in [0.1, 0.15) is 43.0 Å². The van der Waals surface area contributed by atoms with Crippen LogP contribution in [0.2, 0.25) is 0 Å². The Bertz CT molecular complexity index is 673. The quantitative estimate of drug-likeness (QED) is 0.878. The van der Waals surface area contributed by atoms with E-state index in [0.717, 1.165) is 18.5 Å². The molecule has 1 aliphatic carbocycles. The van der Waals surface area contributed by atoms with Gasteiger partial charge in [0, 0.05) is 24.0 Å². The van der Waals surface area contributed by atoms with E-state index in [4.69, 9.17) is 0 Å². The zero-order chi connectivity index (χ0) is 15.4. The van der Waals surface area contributed by atoms with E-state index in [9.17, 15) is 4.79 Å². The first-order valence-electron chi connectivity index (χ1n) is 7.84. The average Bonchev–Trinajstić information content (AvgIpc) is 3.10. The molecule has 4 heteroatoms. The van der Waals surface area contributed by atoms with Gasteiger partial charge in [-0.1, -0.05) is 17.7 Å². The van der Waals surface area contributed by atoms with Crippen LogP contribution in [0.5, 0.6) is 0 Å². The topological polar surface area (TPSA) is 46.9 Å². The van der Waals surface area contributed by atoms with Crippen LogP contribution in [0.25, 0.3) is 5.69 Å². The maximum Gasteiger partial charge on any atom is 0.251 e. The Morgan fingerprint density at radius 3 is 2.95 bits per heavy atom. The number of nitrogens with one attached hydrogen (secondary N) is 1. The van der Waals surface area contributed by atoms with E-state index in [1.807, 2.05) is 36.5 Å². The number of aromatic nitrogens is 2. The second-order valence-electron chi connectivity index (χ2n) is 5.72. The number of amides is 1. The van der Waals surface area contributed by atoms with E-state index < -0.39 is 0 Å². The predicted molar refractivity (Wildman–Crippen MR) is 87.0 cm³/mol. The molecule has 1 aliphatic rings. The van der Waals surface area contributed by atoms with Crippen LogP contribution in [0.15, 0.2) is 54.4 Å². The van der Waals surface area contributed by atoms with Gasteiger partial charge in [-0.25, -0.2) is 4.68 Å². The van der Waals surface area contributed by atoms with Gasteiger partial charge in [0.25, 0.3) is 5.91 Å². The van der Waals surface area contributed by atoms with Crippen molar-refractivity contribution in [3.63, 3.8) is 0 Å². The van der Waals surface area contributed by atoms with Crippen LogP contribution in [0.3, 0.4) is 0 Å². The van der Waals surface area contributed by atoms with Gasteiger partial charge in [-0.15, -0.1) is 0 Å². The molecule has 1 amide bonds. The monoisotopic (exact) mass is 295 g/mol. The molecule has 0 saturated heterocycles. The Hall–Kier alpha value is -2.36. The van der Waals surface area contributed by atoms with Gasteiger partial charge in [-0.2, -0.15) is 5.10 Å². The van der Waals surface area contributed by atoms with Crippen LogP contribution in [-0.4, -0.2) is 21.7 Å². The minimum atomic E-state index is -0.0343. The normalized spacial score (nSPS) is 16.0. The standard InChI is InChI=1S/C18H21N3O/c1-14(15-7-3-2-4-8-15)20-18(22)16-9-5-10-17(13-16)21-12-6-11-19-21/h5-7,9-14H,2-4,8H2,1H3,(H,20,22). The molecule has 1 N–H and O–H groups in total. The Morgan fingerprint density at radius 2 is 2.23 bits per heavy atom. The fraction of sp³-hybridized carbons (Fsp3) is 0.333. The lowest BCUT2D eigenvalue weighted by Gasteiger charge is -2.21. The van der Waals surface area contributed by atoms with Gasteiger partial charge in [0.05, 0.1) is 5.69 Å². The first-order valence-corrected chi connectivity index (χ1v) is 7.84. The largest absolute Gasteiger partial charge is 0.346 e. The molecule has 0 spiro atoms. The van der Waals surface area contributed by atoms with Gasteiger partial charge in [0.2, 0.25) is 0 Å². The molecule has 0 bridgehead atoms. The van der Waals surface area contributed by atoms with Crippen LogP contribution in [0, 0.1) is 0 Å². The van der Waals surface area contributed by atoms with Gasteiger partial charge in [0.1, 0.15) is 0 Å². The predicted octanol–water partition coefficient (Wildman–Crippen LogP) is 3.49. The summed E-state index contributed by atoms with van der Waals surface area (Å²) in [7, 11) is 0. The number of carbonyl (C=O) groups is 1. The molecule has 1 unspecified atom stereocenters. The van der Waals surface area contributed by atoms with Gasteiger partial charge in [0.15, 0.2) is 0 Å². The Balaban J connectivity index is 1.72. The second kappa shape index (κ2) is 6.60. The van der Waals surface area contributed by atoms with E-state index in [-0.39, 0.29) is 11.9 Å². The van der Waals surface area contributed by atoms with Crippen LogP contribution in [-0.2, 0) is 0 Å². The lowest BCUT2D eigenvalue weighted by molar-refractivity contribution is 0.0944. The van der Waals surface area contributed by atoms with E-state index >= 15 is 0 Å². The zero-order valence-corrected chi connectivity index (χ0v) is 12.8. The molecule has 3 rings (SSSR count). The molecule has 2 aromatic rings. The molecule has 4 nitrogen and oxygen atoms in total. The third-order valence-electron chi connectivity index (χ3n) is 4.11. The van der Waals surface area contributed by atoms with Crippen molar-refractivity contribution in [2.24, 2.45) is 0 Å². The van der Waals surface area contributed by atoms with E-state index in [1.165, 1.54) is 18.4 Å². The SMILES string of the molecule is CC(NC(=O)c1cccc(-n2cccn2)c1)C1=CCCCC1. The number of rotatable bonds is 4. The zero-order valence-electron chi connectivity index (χ0n) is 12.8. The summed E-state index contributed by atoms with van der Waals surface area (Å²) in [5.41, 5.74) is 2.90. The van der Waals surface area contributed by atoms with Crippen LogP contribution >= 0.6 is 0 Å². The van der Waals surface area contributed by atoms with Crippen LogP contribution < -0.4 is 5.32 Å². The van der Waals surface area contributed by atoms with Gasteiger partial charge in [-0.3, -0.25) is 4.79 Å². The number of nitrogens with zero attached hydrogens (tertiary/aromatic N) is 2. The molecule has 1 heterocycles. The Labute approximate surface area is 130 Å². The highest BCUT2D eigenvalue weighted by Crippen LogP contribution is 2.20. The molecule has 1 aromatic carbocycles. The van der Waals surface area contributed by atoms with Gasteiger partial charge in [-0.05, 0) is 56.9 Å². The molecule has 0 aliphatic heterocycles. The number of allylic oxidation sites excluding steroid dienone is 1. The first kappa shape index (κ1) is 14.6. The summed E-state index contributed by atoms with van der Waals surface area (Å²) in [5, 5.41) is 7.30. The van der Waals surface area contributed by atoms with E-state index in [0.29, 0.717) is 5.56 Å². The minimum Gasteiger partial charge on any atom is -0.346 e. The summed E-state index contributed by atoms with van der Waals surface area (Å²) in [6, 6.07) is 9.49. The second-order valence-corrected chi connectivity index (χ2v) is 5.72.